The Labute approximate surface area is 153 Å². The highest BCUT2D eigenvalue weighted by molar-refractivity contribution is 9.10. The van der Waals surface area contributed by atoms with Gasteiger partial charge in [-0.05, 0) is 55.3 Å². The molecule has 0 aromatic heterocycles. The predicted octanol–water partition coefficient (Wildman–Crippen LogP) is 2.87. The Balaban J connectivity index is 2.14. The summed E-state index contributed by atoms with van der Waals surface area (Å²) in [6.45, 7) is 3.00. The summed E-state index contributed by atoms with van der Waals surface area (Å²) < 4.78 is 42.4. The van der Waals surface area contributed by atoms with Gasteiger partial charge >= 0.3 is 0 Å². The van der Waals surface area contributed by atoms with Gasteiger partial charge in [-0.25, -0.2) is 17.9 Å². The molecule has 0 unspecified atom stereocenters. The van der Waals surface area contributed by atoms with E-state index in [0.29, 0.717) is 21.3 Å². The number of benzene rings is 2. The van der Waals surface area contributed by atoms with Crippen molar-refractivity contribution in [3.05, 3.63) is 51.7 Å². The highest BCUT2D eigenvalue weighted by Crippen LogP contribution is 2.24. The third kappa shape index (κ3) is 5.00. The molecular weight excluding hydrogens is 415 g/mol. The SMILES string of the molecule is Cc1cc(S(N)(=O)=O)cc(NC(=O)COc2ccc(Br)cc2F)c1C. The number of hydrogen-bond donors (Lipinski definition) is 2. The molecular formula is C16H16BrFN2O4S. The third-order valence-electron chi connectivity index (χ3n) is 3.50. The molecule has 0 fully saturated rings. The lowest BCUT2D eigenvalue weighted by atomic mass is 10.1. The van der Waals surface area contributed by atoms with Crippen molar-refractivity contribution in [2.45, 2.75) is 18.7 Å². The second-order valence-corrected chi connectivity index (χ2v) is 7.85. The van der Waals surface area contributed by atoms with Gasteiger partial charge < -0.3 is 10.1 Å². The molecule has 0 aliphatic carbocycles. The van der Waals surface area contributed by atoms with Gasteiger partial charge in [0, 0.05) is 10.2 Å². The number of amides is 1. The minimum atomic E-state index is -3.90. The first-order valence-electron chi connectivity index (χ1n) is 7.09. The molecule has 1 amide bonds. The first-order valence-corrected chi connectivity index (χ1v) is 9.43. The Morgan fingerprint density at radius 1 is 1.28 bits per heavy atom. The topological polar surface area (TPSA) is 98.5 Å². The van der Waals surface area contributed by atoms with Crippen LogP contribution in [0, 0.1) is 19.7 Å². The van der Waals surface area contributed by atoms with Gasteiger partial charge in [0.05, 0.1) is 4.90 Å². The van der Waals surface area contributed by atoms with E-state index in [4.69, 9.17) is 9.88 Å². The van der Waals surface area contributed by atoms with Crippen molar-refractivity contribution in [2.75, 3.05) is 11.9 Å². The maximum Gasteiger partial charge on any atom is 0.262 e. The molecule has 2 aromatic rings. The van der Waals surface area contributed by atoms with E-state index in [1.54, 1.807) is 19.9 Å². The van der Waals surface area contributed by atoms with Gasteiger partial charge in [-0.2, -0.15) is 0 Å². The van der Waals surface area contributed by atoms with Crippen LogP contribution in [0.3, 0.4) is 0 Å². The zero-order valence-corrected chi connectivity index (χ0v) is 15.9. The molecule has 6 nitrogen and oxygen atoms in total. The highest BCUT2D eigenvalue weighted by Gasteiger charge is 2.15. The van der Waals surface area contributed by atoms with E-state index in [2.05, 4.69) is 21.2 Å². The zero-order chi connectivity index (χ0) is 18.8. The first-order chi connectivity index (χ1) is 11.6. The minimum absolute atomic E-state index is 0.0652. The van der Waals surface area contributed by atoms with Crippen LogP contribution in [-0.4, -0.2) is 20.9 Å². The summed E-state index contributed by atoms with van der Waals surface area (Å²) in [5, 5.41) is 7.68. The van der Waals surface area contributed by atoms with E-state index in [1.165, 1.54) is 24.3 Å². The number of sulfonamides is 1. The molecule has 9 heteroatoms. The number of primary sulfonamides is 1. The summed E-state index contributed by atoms with van der Waals surface area (Å²) in [7, 11) is -3.90. The fourth-order valence-corrected chi connectivity index (χ4v) is 3.00. The minimum Gasteiger partial charge on any atom is -0.481 e. The summed E-state index contributed by atoms with van der Waals surface area (Å²) in [5.74, 6) is -1.23. The van der Waals surface area contributed by atoms with Gasteiger partial charge in [-0.1, -0.05) is 15.9 Å². The molecule has 0 atom stereocenters. The molecule has 0 heterocycles. The monoisotopic (exact) mass is 430 g/mol. The zero-order valence-electron chi connectivity index (χ0n) is 13.5. The molecule has 0 aliphatic rings. The fourth-order valence-electron chi connectivity index (χ4n) is 2.04. The summed E-state index contributed by atoms with van der Waals surface area (Å²) >= 11 is 3.12. The van der Waals surface area contributed by atoms with E-state index in [0.717, 1.165) is 0 Å². The quantitative estimate of drug-likeness (QED) is 0.761. The number of rotatable bonds is 5. The lowest BCUT2D eigenvalue weighted by Crippen LogP contribution is -2.22. The van der Waals surface area contributed by atoms with E-state index in [9.17, 15) is 17.6 Å². The van der Waals surface area contributed by atoms with Crippen molar-refractivity contribution >= 4 is 37.5 Å². The van der Waals surface area contributed by atoms with Crippen molar-refractivity contribution in [2.24, 2.45) is 5.14 Å². The van der Waals surface area contributed by atoms with E-state index >= 15 is 0 Å². The Kier molecular flexibility index (Phi) is 5.81. The molecule has 0 spiro atoms. The summed E-state index contributed by atoms with van der Waals surface area (Å²) in [6.07, 6.45) is 0. The van der Waals surface area contributed by atoms with Gasteiger partial charge in [-0.15, -0.1) is 0 Å². The number of nitrogens with two attached hydrogens (primary N) is 1. The van der Waals surface area contributed by atoms with Gasteiger partial charge in [0.15, 0.2) is 18.2 Å². The molecule has 0 saturated heterocycles. The normalized spacial score (nSPS) is 11.2. The van der Waals surface area contributed by atoms with Gasteiger partial charge in [0.25, 0.3) is 5.91 Å². The number of hydrogen-bond acceptors (Lipinski definition) is 4. The summed E-state index contributed by atoms with van der Waals surface area (Å²) in [4.78, 5) is 11.9. The molecule has 0 saturated carbocycles. The van der Waals surface area contributed by atoms with Crippen molar-refractivity contribution in [1.29, 1.82) is 0 Å². The van der Waals surface area contributed by atoms with Crippen LogP contribution in [0.4, 0.5) is 10.1 Å². The molecule has 3 N–H and O–H groups in total. The van der Waals surface area contributed by atoms with Crippen LogP contribution < -0.4 is 15.2 Å². The number of aryl methyl sites for hydroxylation is 1. The number of carbonyl (C=O) groups is 1. The van der Waals surface area contributed by atoms with Crippen molar-refractivity contribution in [3.8, 4) is 5.75 Å². The van der Waals surface area contributed by atoms with Crippen LogP contribution in [0.15, 0.2) is 39.7 Å². The Bertz CT molecular complexity index is 932. The van der Waals surface area contributed by atoms with Gasteiger partial charge in [-0.3, -0.25) is 4.79 Å². The predicted molar refractivity (Wildman–Crippen MR) is 95.5 cm³/mol. The van der Waals surface area contributed by atoms with Gasteiger partial charge in [0.1, 0.15) is 0 Å². The van der Waals surface area contributed by atoms with E-state index < -0.39 is 28.4 Å². The molecule has 2 aromatic carbocycles. The second kappa shape index (κ2) is 7.51. The van der Waals surface area contributed by atoms with E-state index in [-0.39, 0.29) is 10.6 Å². The maximum absolute atomic E-state index is 13.7. The number of nitrogens with one attached hydrogen (secondary N) is 1. The Hall–Kier alpha value is -1.97. The number of carbonyl (C=O) groups excluding carboxylic acids is 1. The first kappa shape index (κ1) is 19.4. The van der Waals surface area contributed by atoms with Crippen LogP contribution in [0.2, 0.25) is 0 Å². The molecule has 25 heavy (non-hydrogen) atoms. The standard InChI is InChI=1S/C16H16BrFN2O4S/c1-9-5-12(25(19,22)23)7-14(10(9)2)20-16(21)8-24-15-4-3-11(17)6-13(15)18/h3-7H,8H2,1-2H3,(H,20,21)(H2,19,22,23). The highest BCUT2D eigenvalue weighted by atomic mass is 79.9. The smallest absolute Gasteiger partial charge is 0.262 e. The average Bonchev–Trinajstić information content (AvgIpc) is 2.49. The van der Waals surface area contributed by atoms with E-state index in [1.807, 2.05) is 0 Å². The van der Waals surface area contributed by atoms with Crippen molar-refractivity contribution < 1.29 is 22.3 Å². The summed E-state index contributed by atoms with van der Waals surface area (Å²) in [6, 6.07) is 6.89. The van der Waals surface area contributed by atoms with Crippen molar-refractivity contribution in [1.82, 2.24) is 0 Å². The summed E-state index contributed by atoms with van der Waals surface area (Å²) in [5.41, 5.74) is 1.64. The Morgan fingerprint density at radius 2 is 1.96 bits per heavy atom. The number of ether oxygens (including phenoxy) is 1. The largest absolute Gasteiger partial charge is 0.481 e. The molecule has 134 valence electrons. The number of anilines is 1. The van der Waals surface area contributed by atoms with Crippen LogP contribution in [0.1, 0.15) is 11.1 Å². The maximum atomic E-state index is 13.7. The lowest BCUT2D eigenvalue weighted by Gasteiger charge is -2.13. The van der Waals surface area contributed by atoms with Crippen LogP contribution in [0.25, 0.3) is 0 Å². The van der Waals surface area contributed by atoms with Crippen LogP contribution >= 0.6 is 15.9 Å². The number of halogens is 2. The average molecular weight is 431 g/mol. The fraction of sp³-hybridized carbons (Fsp3) is 0.188. The third-order valence-corrected chi connectivity index (χ3v) is 4.88. The lowest BCUT2D eigenvalue weighted by molar-refractivity contribution is -0.118. The van der Waals surface area contributed by atoms with Crippen molar-refractivity contribution in [3.63, 3.8) is 0 Å². The second-order valence-electron chi connectivity index (χ2n) is 5.37. The van der Waals surface area contributed by atoms with Crippen LogP contribution in [0.5, 0.6) is 5.75 Å². The molecule has 0 bridgehead atoms. The molecule has 2 rings (SSSR count). The molecule has 0 radical (unpaired) electrons. The Morgan fingerprint density at radius 3 is 2.56 bits per heavy atom. The van der Waals surface area contributed by atoms with Gasteiger partial charge in [0.2, 0.25) is 10.0 Å². The van der Waals surface area contributed by atoms with Crippen LogP contribution in [-0.2, 0) is 14.8 Å². The molecule has 0 aliphatic heterocycles.